The Hall–Kier alpha value is -5.02. The smallest absolute Gasteiger partial charge is 0.220 e. The average Bonchev–Trinajstić information content (AvgIpc) is 3.09. The zero-order valence-corrected chi connectivity index (χ0v) is 27.8. The molecule has 0 saturated heterocycles. The van der Waals surface area contributed by atoms with Gasteiger partial charge in [0.2, 0.25) is 11.8 Å². The summed E-state index contributed by atoms with van der Waals surface area (Å²) < 4.78 is 0. The minimum Gasteiger partial charge on any atom is -0.507 e. The second kappa shape index (κ2) is 17.8. The van der Waals surface area contributed by atoms with Crippen molar-refractivity contribution in [2.75, 3.05) is 26.2 Å². The fraction of sp³-hybridized carbons (Fsp3) is 0.333. The molecule has 0 saturated carbocycles. The van der Waals surface area contributed by atoms with Crippen molar-refractivity contribution in [1.29, 1.82) is 0 Å². The van der Waals surface area contributed by atoms with Crippen LogP contribution in [0.5, 0.6) is 23.0 Å². The summed E-state index contributed by atoms with van der Waals surface area (Å²) in [4.78, 5) is 24.4. The predicted molar refractivity (Wildman–Crippen MR) is 193 cm³/mol. The van der Waals surface area contributed by atoms with Gasteiger partial charge in [-0.2, -0.15) is 0 Å². The van der Waals surface area contributed by atoms with Gasteiger partial charge in [0.05, 0.1) is 0 Å². The van der Waals surface area contributed by atoms with Crippen molar-refractivity contribution >= 4 is 45.5 Å². The van der Waals surface area contributed by atoms with Crippen molar-refractivity contribution in [3.63, 3.8) is 0 Å². The Labute approximate surface area is 282 Å². The molecule has 0 fully saturated rings. The van der Waals surface area contributed by atoms with Gasteiger partial charge in [-0.1, -0.05) is 72.8 Å². The normalized spacial score (nSPS) is 11.6. The summed E-state index contributed by atoms with van der Waals surface area (Å²) >= 11 is 0. The molecule has 0 aliphatic carbocycles. The third-order valence-electron chi connectivity index (χ3n) is 8.50. The van der Waals surface area contributed by atoms with Crippen molar-refractivity contribution in [2.45, 2.75) is 58.8 Å². The number of unbranched alkanes of at least 4 members (excludes halogenated alkanes) is 1. The number of rotatable bonds is 17. The van der Waals surface area contributed by atoms with Gasteiger partial charge in [-0.25, -0.2) is 0 Å². The Morgan fingerprint density at radius 1 is 0.562 bits per heavy atom. The number of phenolic OH excluding ortho intramolecular Hbond substituents is 4. The van der Waals surface area contributed by atoms with Crippen molar-refractivity contribution in [1.82, 2.24) is 16.0 Å². The Kier molecular flexibility index (Phi) is 13.3. The van der Waals surface area contributed by atoms with Crippen LogP contribution >= 0.6 is 0 Å². The standard InChI is InChI=1S/C39H47N3O6/c1-26-28(38(47)32-18-5-3-16-30(32)36(26)45)14-7-9-20-34(43)41-24-12-11-22-40-23-13-25-42-35(44)21-10-8-15-29-27(2)37(46)31-17-4-6-19-33(31)39(29)48/h3-8,14-19,40,45-48H,9-13,20-25H2,1-2H3,(H,41,43)(H,42,44)/b14-7+,15-8+. The maximum absolute atomic E-state index is 12.2. The first kappa shape index (κ1) is 35.8. The van der Waals surface area contributed by atoms with Crippen LogP contribution in [0.25, 0.3) is 33.7 Å². The van der Waals surface area contributed by atoms with Gasteiger partial charge < -0.3 is 36.4 Å². The largest absolute Gasteiger partial charge is 0.507 e. The van der Waals surface area contributed by atoms with E-state index in [2.05, 4.69) is 16.0 Å². The summed E-state index contributed by atoms with van der Waals surface area (Å²) in [7, 11) is 0. The number of benzene rings is 4. The highest BCUT2D eigenvalue weighted by Gasteiger charge is 2.15. The van der Waals surface area contributed by atoms with Crippen molar-refractivity contribution in [3.05, 3.63) is 82.9 Å². The highest BCUT2D eigenvalue weighted by molar-refractivity contribution is 5.98. The SMILES string of the molecule is Cc1c(/C=C/CCC(=O)NCCCCNCCCNC(=O)CC/C=C/c2c(C)c(O)c3ccccc3c2O)c(O)c2ccccc2c1O. The summed E-state index contributed by atoms with van der Waals surface area (Å²) in [6.07, 6.45) is 11.5. The first-order valence-electron chi connectivity index (χ1n) is 16.6. The highest BCUT2D eigenvalue weighted by Crippen LogP contribution is 2.40. The number of carbonyl (C=O) groups excluding carboxylic acids is 2. The Morgan fingerprint density at radius 2 is 0.938 bits per heavy atom. The quantitative estimate of drug-likeness (QED) is 0.0494. The molecule has 0 aliphatic rings. The lowest BCUT2D eigenvalue weighted by Gasteiger charge is -2.11. The molecule has 0 aromatic heterocycles. The van der Waals surface area contributed by atoms with Gasteiger partial charge in [-0.3, -0.25) is 9.59 Å². The van der Waals surface area contributed by atoms with Crippen molar-refractivity contribution < 1.29 is 30.0 Å². The lowest BCUT2D eigenvalue weighted by atomic mass is 9.98. The van der Waals surface area contributed by atoms with E-state index < -0.39 is 0 Å². The second-order valence-corrected chi connectivity index (χ2v) is 12.0. The van der Waals surface area contributed by atoms with Gasteiger partial charge >= 0.3 is 0 Å². The number of hydrogen-bond donors (Lipinski definition) is 7. The number of phenols is 4. The third-order valence-corrected chi connectivity index (χ3v) is 8.50. The lowest BCUT2D eigenvalue weighted by Crippen LogP contribution is -2.28. The number of allylic oxidation sites excluding steroid dienone is 2. The van der Waals surface area contributed by atoms with Gasteiger partial charge in [-0.15, -0.1) is 0 Å². The van der Waals surface area contributed by atoms with E-state index in [0.29, 0.717) is 82.6 Å². The molecule has 7 N–H and O–H groups in total. The highest BCUT2D eigenvalue weighted by atomic mass is 16.3. The van der Waals surface area contributed by atoms with E-state index in [4.69, 9.17) is 0 Å². The number of carbonyl (C=O) groups is 2. The van der Waals surface area contributed by atoms with E-state index in [0.717, 1.165) is 32.4 Å². The van der Waals surface area contributed by atoms with Crippen LogP contribution in [0.2, 0.25) is 0 Å². The summed E-state index contributed by atoms with van der Waals surface area (Å²) in [6, 6.07) is 14.3. The maximum Gasteiger partial charge on any atom is 0.220 e. The number of fused-ring (bicyclic) bond motifs is 2. The van der Waals surface area contributed by atoms with Gasteiger partial charge in [0.15, 0.2) is 0 Å². The first-order chi connectivity index (χ1) is 23.2. The van der Waals surface area contributed by atoms with E-state index >= 15 is 0 Å². The number of nitrogens with one attached hydrogen (secondary N) is 3. The minimum atomic E-state index is -0.0329. The van der Waals surface area contributed by atoms with Gasteiger partial charge in [0.1, 0.15) is 23.0 Å². The summed E-state index contributed by atoms with van der Waals surface area (Å²) in [5.74, 6) is 0.488. The summed E-state index contributed by atoms with van der Waals surface area (Å²) in [5, 5.41) is 54.0. The molecule has 0 bridgehead atoms. The van der Waals surface area contributed by atoms with Crippen molar-refractivity contribution in [3.8, 4) is 23.0 Å². The maximum atomic E-state index is 12.2. The van der Waals surface area contributed by atoms with E-state index in [1.165, 1.54) is 0 Å². The number of aromatic hydroxyl groups is 4. The monoisotopic (exact) mass is 653 g/mol. The molecule has 0 radical (unpaired) electrons. The predicted octanol–water partition coefficient (Wildman–Crippen LogP) is 6.71. The Bertz CT molecular complexity index is 1670. The molecule has 9 heteroatoms. The zero-order valence-electron chi connectivity index (χ0n) is 27.8. The topological polar surface area (TPSA) is 151 Å². The molecule has 0 spiro atoms. The van der Waals surface area contributed by atoms with Gasteiger partial charge in [-0.05, 0) is 59.0 Å². The van der Waals surface area contributed by atoms with E-state index in [1.807, 2.05) is 36.4 Å². The van der Waals surface area contributed by atoms with Crippen LogP contribution in [0.4, 0.5) is 0 Å². The molecule has 4 rings (SSSR count). The molecule has 254 valence electrons. The van der Waals surface area contributed by atoms with Crippen LogP contribution in [0.3, 0.4) is 0 Å². The second-order valence-electron chi connectivity index (χ2n) is 12.0. The molecule has 48 heavy (non-hydrogen) atoms. The van der Waals surface area contributed by atoms with Crippen LogP contribution in [0.15, 0.2) is 60.7 Å². The van der Waals surface area contributed by atoms with Gasteiger partial charge in [0.25, 0.3) is 0 Å². The van der Waals surface area contributed by atoms with Crippen LogP contribution in [0.1, 0.15) is 67.2 Å². The molecule has 0 heterocycles. The minimum absolute atomic E-state index is 0.0256. The molecule has 4 aromatic carbocycles. The molecule has 9 nitrogen and oxygen atoms in total. The Morgan fingerprint density at radius 3 is 1.40 bits per heavy atom. The first-order valence-corrected chi connectivity index (χ1v) is 16.6. The number of hydrogen-bond acceptors (Lipinski definition) is 7. The average molecular weight is 654 g/mol. The molecule has 2 amide bonds. The third kappa shape index (κ3) is 9.29. The van der Waals surface area contributed by atoms with Crippen LogP contribution in [-0.4, -0.2) is 58.4 Å². The summed E-state index contributed by atoms with van der Waals surface area (Å²) in [6.45, 7) is 6.33. The van der Waals surface area contributed by atoms with E-state index in [9.17, 15) is 30.0 Å². The van der Waals surface area contributed by atoms with Crippen LogP contribution < -0.4 is 16.0 Å². The Balaban J connectivity index is 1.01. The van der Waals surface area contributed by atoms with E-state index in [1.54, 1.807) is 50.3 Å². The van der Waals surface area contributed by atoms with Crippen LogP contribution in [0, 0.1) is 13.8 Å². The molecule has 0 atom stereocenters. The molecule has 0 aliphatic heterocycles. The molecular formula is C39H47N3O6. The molecule has 0 unspecified atom stereocenters. The fourth-order valence-electron chi connectivity index (χ4n) is 5.68. The zero-order chi connectivity index (χ0) is 34.5. The van der Waals surface area contributed by atoms with E-state index in [-0.39, 0.29) is 34.8 Å². The molecular weight excluding hydrogens is 606 g/mol. The fourth-order valence-corrected chi connectivity index (χ4v) is 5.68. The summed E-state index contributed by atoms with van der Waals surface area (Å²) in [5.41, 5.74) is 2.32. The molecule has 4 aromatic rings. The van der Waals surface area contributed by atoms with Crippen molar-refractivity contribution in [2.24, 2.45) is 0 Å². The number of amides is 2. The van der Waals surface area contributed by atoms with Gasteiger partial charge in [0, 0.05) is 69.7 Å². The van der Waals surface area contributed by atoms with Crippen LogP contribution in [-0.2, 0) is 9.59 Å². The lowest BCUT2D eigenvalue weighted by molar-refractivity contribution is -0.121.